The van der Waals surface area contributed by atoms with Crippen molar-refractivity contribution < 1.29 is 44.3 Å². The predicted octanol–water partition coefficient (Wildman–Crippen LogP) is 11.7. The summed E-state index contributed by atoms with van der Waals surface area (Å²) in [6.45, 7) is 2.22. The van der Waals surface area contributed by atoms with E-state index in [0.717, 1.165) is 43.4 Å². The van der Waals surface area contributed by atoms with Crippen molar-refractivity contribution >= 4 is 6.08 Å². The van der Waals surface area contributed by atoms with Crippen LogP contribution in [-0.4, -0.2) is 12.3 Å². The minimum Gasteiger partial charge on any atom is -0.432 e. The van der Waals surface area contributed by atoms with Crippen molar-refractivity contribution in [2.45, 2.75) is 82.4 Å². The summed E-state index contributed by atoms with van der Waals surface area (Å²) in [5.41, 5.74) is -0.140. The second-order valence-electron chi connectivity index (χ2n) is 12.3. The maximum atomic E-state index is 15.1. The Bertz CT molecular complexity index is 1510. The lowest BCUT2D eigenvalue weighted by Crippen LogP contribution is -2.37. The Labute approximate surface area is 256 Å². The van der Waals surface area contributed by atoms with Gasteiger partial charge in [-0.3, -0.25) is 0 Å². The molecule has 45 heavy (non-hydrogen) atoms. The van der Waals surface area contributed by atoms with E-state index < -0.39 is 47.0 Å². The van der Waals surface area contributed by atoms with E-state index in [9.17, 15) is 26.3 Å². The van der Waals surface area contributed by atoms with Crippen molar-refractivity contribution in [2.24, 2.45) is 11.8 Å². The molecule has 1 nitrogen and oxygen atoms in total. The van der Waals surface area contributed by atoms with Crippen LogP contribution in [0, 0.1) is 35.1 Å². The van der Waals surface area contributed by atoms with Gasteiger partial charge in [0.15, 0.2) is 0 Å². The summed E-state index contributed by atoms with van der Waals surface area (Å²) in [5, 5.41) is 0. The molecule has 10 heteroatoms. The van der Waals surface area contributed by atoms with E-state index in [1.54, 1.807) is 12.1 Å². The fraction of sp³-hybridized carbons (Fsp3) is 0.429. The lowest BCUT2D eigenvalue weighted by molar-refractivity contribution is -0.222. The maximum absolute atomic E-state index is 15.1. The Kier molecular flexibility index (Phi) is 9.61. The molecule has 2 aliphatic rings. The number of alkyl halides is 5. The van der Waals surface area contributed by atoms with E-state index in [1.807, 2.05) is 6.07 Å². The number of hydrogen-bond donors (Lipinski definition) is 0. The third-order valence-corrected chi connectivity index (χ3v) is 9.18. The molecule has 0 unspecified atom stereocenters. The van der Waals surface area contributed by atoms with Gasteiger partial charge < -0.3 is 4.74 Å². The van der Waals surface area contributed by atoms with Crippen LogP contribution in [0.3, 0.4) is 0 Å². The molecule has 0 amide bonds. The molecule has 0 bridgehead atoms. The van der Waals surface area contributed by atoms with Crippen LogP contribution in [0.25, 0.3) is 17.2 Å². The van der Waals surface area contributed by atoms with Gasteiger partial charge in [-0.2, -0.15) is 22.0 Å². The molecule has 0 saturated heterocycles. The molecule has 0 radical (unpaired) electrons. The minimum absolute atomic E-state index is 0.0631. The van der Waals surface area contributed by atoms with Gasteiger partial charge in [0.2, 0.25) is 0 Å². The Balaban J connectivity index is 1.21. The van der Waals surface area contributed by atoms with Crippen molar-refractivity contribution in [1.82, 2.24) is 0 Å². The fourth-order valence-electron chi connectivity index (χ4n) is 6.57. The first kappa shape index (κ1) is 32.9. The molecule has 2 aliphatic carbocycles. The monoisotopic (exact) mass is 640 g/mol. The zero-order chi connectivity index (χ0) is 32.5. The van der Waals surface area contributed by atoms with Crippen LogP contribution in [0.1, 0.15) is 86.8 Å². The van der Waals surface area contributed by atoms with Gasteiger partial charge in [0.1, 0.15) is 29.0 Å². The maximum Gasteiger partial charge on any atom is 0.409 e. The van der Waals surface area contributed by atoms with Crippen LogP contribution in [0.4, 0.5) is 39.5 Å². The predicted molar refractivity (Wildman–Crippen MR) is 154 cm³/mol. The van der Waals surface area contributed by atoms with Crippen molar-refractivity contribution in [3.05, 3.63) is 94.6 Å². The summed E-state index contributed by atoms with van der Waals surface area (Å²) < 4.78 is 131. The average molecular weight is 641 g/mol. The molecule has 0 heterocycles. The quantitative estimate of drug-likeness (QED) is 0.234. The molecule has 242 valence electrons. The number of ether oxygens (including phenoxy) is 1. The van der Waals surface area contributed by atoms with Gasteiger partial charge in [0.25, 0.3) is 0 Å². The van der Waals surface area contributed by atoms with E-state index in [2.05, 4.69) is 6.92 Å². The molecule has 0 aliphatic heterocycles. The van der Waals surface area contributed by atoms with Gasteiger partial charge in [-0.15, -0.1) is 0 Å². The van der Waals surface area contributed by atoms with E-state index in [-0.39, 0.29) is 47.9 Å². The highest BCUT2D eigenvalue weighted by molar-refractivity contribution is 5.68. The highest BCUT2D eigenvalue weighted by Gasteiger charge is 2.44. The van der Waals surface area contributed by atoms with Gasteiger partial charge in [-0.25, -0.2) is 17.6 Å². The van der Waals surface area contributed by atoms with Crippen LogP contribution in [0.2, 0.25) is 0 Å². The van der Waals surface area contributed by atoms with E-state index >= 15 is 13.2 Å². The summed E-state index contributed by atoms with van der Waals surface area (Å²) >= 11 is 0. The molecule has 0 atom stereocenters. The van der Waals surface area contributed by atoms with Crippen molar-refractivity contribution in [3.8, 4) is 16.9 Å². The van der Waals surface area contributed by atoms with E-state index in [0.29, 0.717) is 48.4 Å². The second-order valence-corrected chi connectivity index (χ2v) is 12.3. The standard InChI is InChI=1S/C35H33F9O/c1-20-2-4-21(5-3-20)23-8-12-27(30(36)16-23)22-6-9-25(10-7-22)35(43,44)45-26-11-13-28(33(39)19-26)24-17-31(37)29(32(38)18-24)14-15-34(40,41)42/h8,11-22,25H,2-7,9-10H2,1H3/b15-14+. The summed E-state index contributed by atoms with van der Waals surface area (Å²) in [6, 6.07) is 9.33. The highest BCUT2D eigenvalue weighted by atomic mass is 19.4. The van der Waals surface area contributed by atoms with Crippen LogP contribution >= 0.6 is 0 Å². The molecule has 2 fully saturated rings. The van der Waals surface area contributed by atoms with Crippen LogP contribution in [0.15, 0.2) is 54.6 Å². The molecular weight excluding hydrogens is 607 g/mol. The summed E-state index contributed by atoms with van der Waals surface area (Å²) in [6.07, 6.45) is -3.47. The largest absolute Gasteiger partial charge is 0.432 e. The molecule has 0 aromatic heterocycles. The molecule has 0 N–H and O–H groups in total. The van der Waals surface area contributed by atoms with Crippen molar-refractivity contribution in [1.29, 1.82) is 0 Å². The number of benzene rings is 3. The molecular formula is C35H33F9O. The first-order chi connectivity index (χ1) is 21.2. The van der Waals surface area contributed by atoms with E-state index in [1.165, 1.54) is 0 Å². The van der Waals surface area contributed by atoms with Crippen LogP contribution < -0.4 is 4.74 Å². The number of hydrogen-bond acceptors (Lipinski definition) is 1. The third-order valence-electron chi connectivity index (χ3n) is 9.18. The summed E-state index contributed by atoms with van der Waals surface area (Å²) in [5.74, 6) is -5.02. The Morgan fingerprint density at radius 1 is 0.667 bits per heavy atom. The number of allylic oxidation sites excluding steroid dienone is 1. The molecule has 2 saturated carbocycles. The zero-order valence-corrected chi connectivity index (χ0v) is 24.5. The topological polar surface area (TPSA) is 9.23 Å². The average Bonchev–Trinajstić information content (AvgIpc) is 2.96. The SMILES string of the molecule is CC1CCC(c2ccc(C3CCC(C(F)(F)Oc4ccc(-c5cc(F)c(/C=C/C(F)(F)F)c(F)c5)c(F)c4)CC3)c(F)c2)CC1. The lowest BCUT2D eigenvalue weighted by Gasteiger charge is -2.34. The number of rotatable bonds is 7. The first-order valence-electron chi connectivity index (χ1n) is 15.1. The van der Waals surface area contributed by atoms with Crippen molar-refractivity contribution in [2.75, 3.05) is 0 Å². The Morgan fingerprint density at radius 2 is 1.29 bits per heavy atom. The summed E-state index contributed by atoms with van der Waals surface area (Å²) in [7, 11) is 0. The first-order valence-corrected chi connectivity index (χ1v) is 15.1. The van der Waals surface area contributed by atoms with Crippen molar-refractivity contribution in [3.63, 3.8) is 0 Å². The van der Waals surface area contributed by atoms with Gasteiger partial charge in [0.05, 0.1) is 5.92 Å². The zero-order valence-electron chi connectivity index (χ0n) is 24.5. The second kappa shape index (κ2) is 13.1. The Hall–Kier alpha value is -3.43. The lowest BCUT2D eigenvalue weighted by atomic mass is 9.76. The molecule has 3 aromatic rings. The van der Waals surface area contributed by atoms with Gasteiger partial charge in [-0.1, -0.05) is 31.9 Å². The Morgan fingerprint density at radius 3 is 1.87 bits per heavy atom. The van der Waals surface area contributed by atoms with Gasteiger partial charge >= 0.3 is 12.3 Å². The van der Waals surface area contributed by atoms with Crippen LogP contribution in [0.5, 0.6) is 5.75 Å². The fourth-order valence-corrected chi connectivity index (χ4v) is 6.57. The molecule has 3 aromatic carbocycles. The van der Waals surface area contributed by atoms with Crippen LogP contribution in [-0.2, 0) is 0 Å². The third kappa shape index (κ3) is 7.87. The normalized spacial score (nSPS) is 23.0. The summed E-state index contributed by atoms with van der Waals surface area (Å²) in [4.78, 5) is 0. The minimum atomic E-state index is -4.79. The highest BCUT2D eigenvalue weighted by Crippen LogP contribution is 2.45. The van der Waals surface area contributed by atoms with Gasteiger partial charge in [0, 0.05) is 23.3 Å². The van der Waals surface area contributed by atoms with Gasteiger partial charge in [-0.05, 0) is 109 Å². The molecule has 0 spiro atoms. The molecule has 5 rings (SSSR count). The van der Waals surface area contributed by atoms with E-state index in [4.69, 9.17) is 4.74 Å². The number of halogens is 9. The smallest absolute Gasteiger partial charge is 0.409 e.